The van der Waals surface area contributed by atoms with Gasteiger partial charge in [-0.25, -0.2) is 5.43 Å². The van der Waals surface area contributed by atoms with Gasteiger partial charge < -0.3 is 5.32 Å². The van der Waals surface area contributed by atoms with Gasteiger partial charge in [0.1, 0.15) is 0 Å². The van der Waals surface area contributed by atoms with Crippen molar-refractivity contribution in [2.45, 2.75) is 32.6 Å². The summed E-state index contributed by atoms with van der Waals surface area (Å²) in [7, 11) is 0. The van der Waals surface area contributed by atoms with Gasteiger partial charge in [0.25, 0.3) is 11.6 Å². The van der Waals surface area contributed by atoms with Gasteiger partial charge in [-0.05, 0) is 48.4 Å². The Morgan fingerprint density at radius 3 is 2.36 bits per heavy atom. The fourth-order valence-electron chi connectivity index (χ4n) is 2.38. The summed E-state index contributed by atoms with van der Waals surface area (Å²) >= 11 is 0. The molecule has 2 aromatic carbocycles. The number of non-ortho nitro benzene ring substituents is 1. The number of hydrazone groups is 1. The minimum atomic E-state index is -0.486. The first kappa shape index (κ1) is 20.8. The van der Waals surface area contributed by atoms with Crippen LogP contribution in [0.5, 0.6) is 0 Å². The third kappa shape index (κ3) is 6.64. The number of carbonyl (C=O) groups is 2. The maximum atomic E-state index is 12.1. The van der Waals surface area contributed by atoms with Gasteiger partial charge in [-0.3, -0.25) is 19.7 Å². The Kier molecular flexibility index (Phi) is 7.83. The van der Waals surface area contributed by atoms with Crippen LogP contribution in [-0.4, -0.2) is 23.0 Å². The van der Waals surface area contributed by atoms with E-state index in [1.54, 1.807) is 24.3 Å². The van der Waals surface area contributed by atoms with Crippen molar-refractivity contribution in [1.82, 2.24) is 5.43 Å². The normalized spacial score (nSPS) is 10.6. The zero-order chi connectivity index (χ0) is 20.4. The predicted octanol–water partition coefficient (Wildman–Crippen LogP) is 3.88. The van der Waals surface area contributed by atoms with Crippen molar-refractivity contribution in [2.24, 2.45) is 5.10 Å². The highest BCUT2D eigenvalue weighted by Gasteiger charge is 2.06. The van der Waals surface area contributed by atoms with Gasteiger partial charge in [0, 0.05) is 29.8 Å². The van der Waals surface area contributed by atoms with Gasteiger partial charge in [-0.1, -0.05) is 19.8 Å². The van der Waals surface area contributed by atoms with E-state index in [4.69, 9.17) is 0 Å². The SMILES string of the molecule is CCCCCC(=O)Nc1ccc(C(=O)N/N=C\c2ccc([N+](=O)[O-])cc2)cc1. The molecular formula is C20H22N4O4. The molecule has 8 heteroatoms. The highest BCUT2D eigenvalue weighted by molar-refractivity contribution is 5.96. The number of hydrogen-bond acceptors (Lipinski definition) is 5. The molecule has 0 unspecified atom stereocenters. The number of hydrogen-bond donors (Lipinski definition) is 2. The summed E-state index contributed by atoms with van der Waals surface area (Å²) in [5.41, 5.74) is 4.02. The van der Waals surface area contributed by atoms with E-state index in [0.29, 0.717) is 23.2 Å². The van der Waals surface area contributed by atoms with Crippen molar-refractivity contribution in [1.29, 1.82) is 0 Å². The lowest BCUT2D eigenvalue weighted by atomic mass is 10.1. The zero-order valence-corrected chi connectivity index (χ0v) is 15.6. The number of carbonyl (C=O) groups excluding carboxylic acids is 2. The van der Waals surface area contributed by atoms with Crippen LogP contribution in [0.2, 0.25) is 0 Å². The van der Waals surface area contributed by atoms with Crippen LogP contribution in [0.15, 0.2) is 53.6 Å². The highest BCUT2D eigenvalue weighted by Crippen LogP contribution is 2.12. The number of amides is 2. The van der Waals surface area contributed by atoms with E-state index in [1.165, 1.54) is 30.5 Å². The second kappa shape index (κ2) is 10.6. The molecule has 8 nitrogen and oxygen atoms in total. The zero-order valence-electron chi connectivity index (χ0n) is 15.6. The fourth-order valence-corrected chi connectivity index (χ4v) is 2.38. The molecule has 0 heterocycles. The third-order valence-electron chi connectivity index (χ3n) is 3.92. The van der Waals surface area contributed by atoms with E-state index >= 15 is 0 Å². The maximum absolute atomic E-state index is 12.1. The van der Waals surface area contributed by atoms with Crippen molar-refractivity contribution in [3.8, 4) is 0 Å². The topological polar surface area (TPSA) is 114 Å². The van der Waals surface area contributed by atoms with Crippen LogP contribution in [0.25, 0.3) is 0 Å². The van der Waals surface area contributed by atoms with E-state index in [9.17, 15) is 19.7 Å². The van der Waals surface area contributed by atoms with Crippen molar-refractivity contribution >= 4 is 29.4 Å². The molecule has 146 valence electrons. The first-order valence-electron chi connectivity index (χ1n) is 8.97. The van der Waals surface area contributed by atoms with E-state index in [-0.39, 0.29) is 11.6 Å². The molecule has 0 saturated heterocycles. The predicted molar refractivity (Wildman–Crippen MR) is 107 cm³/mol. The number of nitrogens with one attached hydrogen (secondary N) is 2. The Morgan fingerprint density at radius 1 is 1.07 bits per heavy atom. The largest absolute Gasteiger partial charge is 0.326 e. The lowest BCUT2D eigenvalue weighted by Crippen LogP contribution is -2.17. The number of unbranched alkanes of at least 4 members (excludes halogenated alkanes) is 2. The van der Waals surface area contributed by atoms with Crippen LogP contribution < -0.4 is 10.7 Å². The first-order chi connectivity index (χ1) is 13.5. The standard InChI is InChI=1S/C20H22N4O4/c1-2-3-4-5-19(25)22-17-10-8-16(9-11-17)20(26)23-21-14-15-6-12-18(13-7-15)24(27)28/h6-14H,2-5H2,1H3,(H,22,25)(H,23,26)/b21-14-. The fraction of sp³-hybridized carbons (Fsp3) is 0.250. The lowest BCUT2D eigenvalue weighted by molar-refractivity contribution is -0.384. The molecule has 2 aromatic rings. The number of rotatable bonds is 9. The monoisotopic (exact) mass is 382 g/mol. The van der Waals surface area contributed by atoms with Crippen molar-refractivity contribution < 1.29 is 14.5 Å². The van der Waals surface area contributed by atoms with Crippen LogP contribution in [-0.2, 0) is 4.79 Å². The molecule has 0 spiro atoms. The smallest absolute Gasteiger partial charge is 0.271 e. The lowest BCUT2D eigenvalue weighted by Gasteiger charge is -2.06. The van der Waals surface area contributed by atoms with Gasteiger partial charge in [0.15, 0.2) is 0 Å². The van der Waals surface area contributed by atoms with Gasteiger partial charge in [-0.15, -0.1) is 0 Å². The third-order valence-corrected chi connectivity index (χ3v) is 3.92. The maximum Gasteiger partial charge on any atom is 0.271 e. The number of nitro benzene ring substituents is 1. The van der Waals surface area contributed by atoms with E-state index in [0.717, 1.165) is 19.3 Å². The first-order valence-corrected chi connectivity index (χ1v) is 8.97. The molecule has 0 atom stereocenters. The molecule has 28 heavy (non-hydrogen) atoms. The molecule has 2 rings (SSSR count). The number of nitro groups is 1. The molecule has 0 aliphatic carbocycles. The molecule has 0 aliphatic heterocycles. The van der Waals surface area contributed by atoms with Crippen molar-refractivity contribution in [3.63, 3.8) is 0 Å². The quantitative estimate of drug-likeness (QED) is 0.296. The average molecular weight is 382 g/mol. The second-order valence-electron chi connectivity index (χ2n) is 6.13. The van der Waals surface area contributed by atoms with Crippen LogP contribution in [0.3, 0.4) is 0 Å². The number of benzene rings is 2. The molecule has 0 saturated carbocycles. The summed E-state index contributed by atoms with van der Waals surface area (Å²) in [5, 5.41) is 17.2. The van der Waals surface area contributed by atoms with Gasteiger partial charge in [-0.2, -0.15) is 5.10 Å². The van der Waals surface area contributed by atoms with Crippen molar-refractivity contribution in [3.05, 3.63) is 69.8 Å². The Morgan fingerprint density at radius 2 is 1.75 bits per heavy atom. The van der Waals surface area contributed by atoms with E-state index in [1.807, 2.05) is 0 Å². The summed E-state index contributed by atoms with van der Waals surface area (Å²) in [5.74, 6) is -0.447. The van der Waals surface area contributed by atoms with E-state index < -0.39 is 10.8 Å². The summed E-state index contributed by atoms with van der Waals surface area (Å²) in [6.07, 6.45) is 4.81. The number of anilines is 1. The van der Waals surface area contributed by atoms with E-state index in [2.05, 4.69) is 22.8 Å². The Bertz CT molecular complexity index is 846. The van der Waals surface area contributed by atoms with Crippen LogP contribution in [0.1, 0.15) is 48.5 Å². The van der Waals surface area contributed by atoms with Crippen molar-refractivity contribution in [2.75, 3.05) is 5.32 Å². The van der Waals surface area contributed by atoms with Gasteiger partial charge >= 0.3 is 0 Å². The van der Waals surface area contributed by atoms with Gasteiger partial charge in [0.2, 0.25) is 5.91 Å². The minimum absolute atomic E-state index is 0.0151. The Hall–Kier alpha value is -3.55. The summed E-state index contributed by atoms with van der Waals surface area (Å²) in [6, 6.07) is 12.3. The molecular weight excluding hydrogens is 360 g/mol. The average Bonchev–Trinajstić information content (AvgIpc) is 2.69. The molecule has 0 radical (unpaired) electrons. The van der Waals surface area contributed by atoms with Crippen LogP contribution in [0, 0.1) is 10.1 Å². The van der Waals surface area contributed by atoms with Gasteiger partial charge in [0.05, 0.1) is 11.1 Å². The van der Waals surface area contributed by atoms with Crippen LogP contribution >= 0.6 is 0 Å². The molecule has 0 fully saturated rings. The minimum Gasteiger partial charge on any atom is -0.326 e. The Balaban J connectivity index is 1.85. The summed E-state index contributed by atoms with van der Waals surface area (Å²) in [6.45, 7) is 2.08. The highest BCUT2D eigenvalue weighted by atomic mass is 16.6. The number of nitrogens with zero attached hydrogens (tertiary/aromatic N) is 2. The molecule has 2 N–H and O–H groups in total. The summed E-state index contributed by atoms with van der Waals surface area (Å²) in [4.78, 5) is 34.0. The molecule has 0 aliphatic rings. The summed E-state index contributed by atoms with van der Waals surface area (Å²) < 4.78 is 0. The molecule has 0 aromatic heterocycles. The molecule has 2 amide bonds. The van der Waals surface area contributed by atoms with Crippen LogP contribution in [0.4, 0.5) is 11.4 Å². The molecule has 0 bridgehead atoms. The Labute approximate surface area is 162 Å². The second-order valence-corrected chi connectivity index (χ2v) is 6.13.